The molecule has 8 nitrogen and oxygen atoms in total. The first-order valence-corrected chi connectivity index (χ1v) is 5.36. The maximum Gasteiger partial charge on any atom is 0.333 e. The number of rotatable bonds is 3. The second kappa shape index (κ2) is 4.13. The molecule has 1 atom stereocenters. The number of carboxylic acids is 1. The van der Waals surface area contributed by atoms with Crippen LogP contribution in [0.25, 0.3) is 11.2 Å². The van der Waals surface area contributed by atoms with E-state index in [0.29, 0.717) is 0 Å². The van der Waals surface area contributed by atoms with Crippen molar-refractivity contribution >= 4 is 17.1 Å². The molecule has 0 saturated carbocycles. The fourth-order valence-corrected chi connectivity index (χ4v) is 1.88. The predicted molar refractivity (Wildman–Crippen MR) is 62.6 cm³/mol. The number of hydrogen-bond donors (Lipinski definition) is 2. The lowest BCUT2D eigenvalue weighted by Crippen LogP contribution is -2.41. The molecule has 0 aromatic carbocycles. The Morgan fingerprint density at radius 2 is 2.22 bits per heavy atom. The summed E-state index contributed by atoms with van der Waals surface area (Å²) in [5.74, 6) is -1.14. The summed E-state index contributed by atoms with van der Waals surface area (Å²) in [6.07, 6.45) is 1.48. The third-order valence-corrected chi connectivity index (χ3v) is 2.84. The van der Waals surface area contributed by atoms with Gasteiger partial charge in [-0.3, -0.25) is 13.9 Å². The van der Waals surface area contributed by atoms with Gasteiger partial charge in [0.2, 0.25) is 0 Å². The van der Waals surface area contributed by atoms with Crippen molar-refractivity contribution in [2.75, 3.05) is 0 Å². The van der Waals surface area contributed by atoms with Crippen molar-refractivity contribution in [3.63, 3.8) is 0 Å². The van der Waals surface area contributed by atoms with Crippen LogP contribution in [0.3, 0.4) is 0 Å². The van der Waals surface area contributed by atoms with E-state index in [1.807, 2.05) is 0 Å². The summed E-state index contributed by atoms with van der Waals surface area (Å²) in [5.41, 5.74) is -1.02. The molecule has 2 N–H and O–H groups in total. The van der Waals surface area contributed by atoms with E-state index >= 15 is 0 Å². The minimum atomic E-state index is -1.14. The second-order valence-corrected chi connectivity index (χ2v) is 3.88. The van der Waals surface area contributed by atoms with Gasteiger partial charge in [0.05, 0.1) is 6.33 Å². The Kier molecular flexibility index (Phi) is 2.77. The summed E-state index contributed by atoms with van der Waals surface area (Å²) in [6.45, 7) is 1.65. The number of nitrogens with one attached hydrogen (secondary N) is 1. The molecule has 2 aromatic rings. The smallest absolute Gasteiger partial charge is 0.333 e. The molecule has 0 bridgehead atoms. The minimum absolute atomic E-state index is 0.0670. The Labute approximate surface area is 101 Å². The molecular weight excluding hydrogens is 240 g/mol. The summed E-state index contributed by atoms with van der Waals surface area (Å²) in [7, 11) is 1.30. The molecule has 0 fully saturated rings. The van der Waals surface area contributed by atoms with Crippen LogP contribution in [0.4, 0.5) is 0 Å². The molecule has 2 aromatic heterocycles. The molecule has 0 aliphatic carbocycles. The molecular formula is C10H12N4O4. The summed E-state index contributed by atoms with van der Waals surface area (Å²) in [4.78, 5) is 41.4. The molecule has 96 valence electrons. The minimum Gasteiger partial charge on any atom is -0.480 e. The molecule has 8 heteroatoms. The van der Waals surface area contributed by atoms with Crippen LogP contribution in [-0.4, -0.2) is 30.2 Å². The highest BCUT2D eigenvalue weighted by Crippen LogP contribution is 2.13. The molecule has 0 spiro atoms. The van der Waals surface area contributed by atoms with Gasteiger partial charge in [-0.05, 0) is 6.42 Å². The van der Waals surface area contributed by atoms with Gasteiger partial charge in [-0.2, -0.15) is 0 Å². The Morgan fingerprint density at radius 3 is 2.78 bits per heavy atom. The zero-order valence-electron chi connectivity index (χ0n) is 9.88. The van der Waals surface area contributed by atoms with Crippen molar-refractivity contribution in [1.29, 1.82) is 0 Å². The first kappa shape index (κ1) is 12.1. The van der Waals surface area contributed by atoms with Crippen molar-refractivity contribution < 1.29 is 9.90 Å². The van der Waals surface area contributed by atoms with Gasteiger partial charge in [-0.15, -0.1) is 0 Å². The van der Waals surface area contributed by atoms with Crippen molar-refractivity contribution in [2.45, 2.75) is 19.4 Å². The number of imidazole rings is 1. The van der Waals surface area contributed by atoms with Crippen LogP contribution in [0.5, 0.6) is 0 Å². The summed E-state index contributed by atoms with van der Waals surface area (Å²) in [6, 6.07) is -1.05. The predicted octanol–water partition coefficient (Wildman–Crippen LogP) is -0.541. The van der Waals surface area contributed by atoms with Gasteiger partial charge >= 0.3 is 11.7 Å². The van der Waals surface area contributed by atoms with Gasteiger partial charge in [0.15, 0.2) is 5.65 Å². The normalized spacial score (nSPS) is 12.8. The lowest BCUT2D eigenvalue weighted by Gasteiger charge is -2.14. The van der Waals surface area contributed by atoms with Gasteiger partial charge in [0.1, 0.15) is 11.6 Å². The number of carbonyl (C=O) groups is 1. The van der Waals surface area contributed by atoms with Gasteiger partial charge in [0, 0.05) is 7.05 Å². The van der Waals surface area contributed by atoms with Crippen LogP contribution in [0.15, 0.2) is 15.9 Å². The van der Waals surface area contributed by atoms with E-state index in [9.17, 15) is 14.4 Å². The number of aliphatic carboxylic acids is 1. The Hall–Kier alpha value is -2.38. The molecule has 0 amide bonds. The van der Waals surface area contributed by atoms with Crippen LogP contribution in [-0.2, 0) is 11.8 Å². The molecule has 0 saturated heterocycles. The van der Waals surface area contributed by atoms with Gasteiger partial charge in [0.25, 0.3) is 5.56 Å². The molecule has 18 heavy (non-hydrogen) atoms. The summed E-state index contributed by atoms with van der Waals surface area (Å²) >= 11 is 0. The Bertz CT molecular complexity index is 724. The average Bonchev–Trinajstić information content (AvgIpc) is 2.80. The van der Waals surface area contributed by atoms with Crippen molar-refractivity contribution in [3.8, 4) is 0 Å². The Morgan fingerprint density at radius 1 is 1.56 bits per heavy atom. The molecule has 0 radical (unpaired) electrons. The SMILES string of the molecule is CCC(C(=O)O)n1c(=O)n(C)c(=O)c2[nH]cnc21. The fraction of sp³-hybridized carbons (Fsp3) is 0.400. The maximum absolute atomic E-state index is 12.0. The lowest BCUT2D eigenvalue weighted by atomic mass is 10.2. The van der Waals surface area contributed by atoms with Crippen LogP contribution < -0.4 is 11.2 Å². The average molecular weight is 252 g/mol. The standard InChI is InChI=1S/C10H12N4O4/c1-3-5(9(16)17)14-7-6(11-4-12-7)8(15)13(2)10(14)18/h4-5H,3H2,1-2H3,(H,11,12)(H,16,17). The molecule has 2 heterocycles. The molecule has 1 unspecified atom stereocenters. The Balaban J connectivity index is 2.94. The van der Waals surface area contributed by atoms with E-state index < -0.39 is 23.3 Å². The van der Waals surface area contributed by atoms with Crippen molar-refractivity contribution in [3.05, 3.63) is 27.2 Å². The van der Waals surface area contributed by atoms with Gasteiger partial charge < -0.3 is 10.1 Å². The highest BCUT2D eigenvalue weighted by atomic mass is 16.4. The number of aromatic amines is 1. The first-order valence-electron chi connectivity index (χ1n) is 5.36. The van der Waals surface area contributed by atoms with Crippen LogP contribution in [0.1, 0.15) is 19.4 Å². The van der Waals surface area contributed by atoms with Gasteiger partial charge in [-0.25, -0.2) is 14.6 Å². The van der Waals surface area contributed by atoms with Crippen molar-refractivity contribution in [1.82, 2.24) is 19.1 Å². The lowest BCUT2D eigenvalue weighted by molar-refractivity contribution is -0.141. The van der Waals surface area contributed by atoms with E-state index in [1.54, 1.807) is 6.92 Å². The number of H-pyrrole nitrogens is 1. The van der Waals surface area contributed by atoms with E-state index in [1.165, 1.54) is 13.4 Å². The van der Waals surface area contributed by atoms with E-state index in [2.05, 4.69) is 9.97 Å². The number of aromatic nitrogens is 4. The number of nitrogens with zero attached hydrogens (tertiary/aromatic N) is 3. The third kappa shape index (κ3) is 1.53. The van der Waals surface area contributed by atoms with Crippen LogP contribution >= 0.6 is 0 Å². The number of hydrogen-bond acceptors (Lipinski definition) is 4. The number of fused-ring (bicyclic) bond motifs is 1. The zero-order chi connectivity index (χ0) is 13.4. The zero-order valence-corrected chi connectivity index (χ0v) is 9.88. The second-order valence-electron chi connectivity index (χ2n) is 3.88. The van der Waals surface area contributed by atoms with Gasteiger partial charge in [-0.1, -0.05) is 6.92 Å². The highest BCUT2D eigenvalue weighted by molar-refractivity contribution is 5.76. The fourth-order valence-electron chi connectivity index (χ4n) is 1.88. The topological polar surface area (TPSA) is 110 Å². The summed E-state index contributed by atoms with van der Waals surface area (Å²) in [5, 5.41) is 9.12. The maximum atomic E-state index is 12.0. The summed E-state index contributed by atoms with van der Waals surface area (Å²) < 4.78 is 1.89. The van der Waals surface area contributed by atoms with E-state index in [0.717, 1.165) is 9.13 Å². The molecule has 2 rings (SSSR count). The van der Waals surface area contributed by atoms with Crippen molar-refractivity contribution in [2.24, 2.45) is 7.05 Å². The van der Waals surface area contributed by atoms with E-state index in [-0.39, 0.29) is 17.6 Å². The third-order valence-electron chi connectivity index (χ3n) is 2.84. The highest BCUT2D eigenvalue weighted by Gasteiger charge is 2.24. The van der Waals surface area contributed by atoms with E-state index in [4.69, 9.17) is 5.11 Å². The monoisotopic (exact) mass is 252 g/mol. The number of carboxylic acid groups (broad SMARTS) is 1. The molecule has 0 aliphatic rings. The van der Waals surface area contributed by atoms with Crippen LogP contribution in [0.2, 0.25) is 0 Å². The largest absolute Gasteiger partial charge is 0.480 e. The first-order chi connectivity index (χ1) is 8.49. The van der Waals surface area contributed by atoms with Crippen LogP contribution in [0, 0.1) is 0 Å². The quantitative estimate of drug-likeness (QED) is 0.762. The molecule has 0 aliphatic heterocycles.